The fourth-order valence-electron chi connectivity index (χ4n) is 1.99. The van der Waals surface area contributed by atoms with E-state index < -0.39 is 0 Å². The van der Waals surface area contributed by atoms with Crippen molar-refractivity contribution in [2.75, 3.05) is 12.4 Å². The Morgan fingerprint density at radius 1 is 1.14 bits per heavy atom. The van der Waals surface area contributed by atoms with Crippen molar-refractivity contribution in [1.82, 2.24) is 20.2 Å². The molecule has 0 fully saturated rings. The van der Waals surface area contributed by atoms with E-state index in [9.17, 15) is 0 Å². The number of aromatic nitrogens is 4. The summed E-state index contributed by atoms with van der Waals surface area (Å²) in [5, 5.41) is 14.5. The third-order valence-corrected chi connectivity index (χ3v) is 3.12. The van der Waals surface area contributed by atoms with Crippen LogP contribution in [0.2, 0.25) is 0 Å². The number of nitrogens with one attached hydrogen (secondary N) is 1. The Morgan fingerprint density at radius 2 is 2.00 bits per heavy atom. The second-order valence-corrected chi connectivity index (χ2v) is 4.51. The smallest absolute Gasteiger partial charge is 0.143 e. The van der Waals surface area contributed by atoms with Crippen molar-refractivity contribution in [2.24, 2.45) is 0 Å². The quantitative estimate of drug-likeness (QED) is 0.777. The van der Waals surface area contributed by atoms with Crippen LogP contribution in [-0.2, 0) is 6.54 Å². The van der Waals surface area contributed by atoms with Gasteiger partial charge in [0, 0.05) is 12.2 Å². The molecule has 0 bridgehead atoms. The zero-order valence-corrected chi connectivity index (χ0v) is 11.6. The van der Waals surface area contributed by atoms with Gasteiger partial charge in [0.15, 0.2) is 0 Å². The van der Waals surface area contributed by atoms with Crippen LogP contribution in [0.25, 0.3) is 5.69 Å². The van der Waals surface area contributed by atoms with Crippen molar-refractivity contribution in [3.05, 3.63) is 60.4 Å². The third kappa shape index (κ3) is 3.17. The van der Waals surface area contributed by atoms with Crippen molar-refractivity contribution < 1.29 is 4.74 Å². The average Bonchev–Trinajstić information content (AvgIpc) is 3.08. The molecule has 0 radical (unpaired) electrons. The van der Waals surface area contributed by atoms with Crippen LogP contribution < -0.4 is 10.1 Å². The summed E-state index contributed by atoms with van der Waals surface area (Å²) >= 11 is 0. The minimum absolute atomic E-state index is 0.739. The molecule has 106 valence electrons. The fourth-order valence-corrected chi connectivity index (χ4v) is 1.99. The highest BCUT2D eigenvalue weighted by Gasteiger charge is 2.00. The van der Waals surface area contributed by atoms with E-state index in [0.717, 1.165) is 23.7 Å². The molecule has 0 aliphatic heterocycles. The summed E-state index contributed by atoms with van der Waals surface area (Å²) < 4.78 is 6.77. The largest absolute Gasteiger partial charge is 0.497 e. The third-order valence-electron chi connectivity index (χ3n) is 3.12. The highest BCUT2D eigenvalue weighted by Crippen LogP contribution is 2.16. The number of rotatable bonds is 5. The molecule has 3 rings (SSSR count). The first kappa shape index (κ1) is 13.1. The number of tetrazole rings is 1. The molecule has 0 unspecified atom stereocenters. The van der Waals surface area contributed by atoms with Crippen molar-refractivity contribution in [1.29, 1.82) is 0 Å². The number of hydrogen-bond acceptors (Lipinski definition) is 5. The van der Waals surface area contributed by atoms with Crippen LogP contribution in [0.15, 0.2) is 54.9 Å². The van der Waals surface area contributed by atoms with Crippen LogP contribution in [0.5, 0.6) is 5.75 Å². The summed E-state index contributed by atoms with van der Waals surface area (Å²) in [6.07, 6.45) is 1.57. The maximum Gasteiger partial charge on any atom is 0.143 e. The summed E-state index contributed by atoms with van der Waals surface area (Å²) in [5.74, 6) is 0.861. The molecule has 6 nitrogen and oxygen atoms in total. The average molecular weight is 281 g/mol. The van der Waals surface area contributed by atoms with Gasteiger partial charge in [-0.2, -0.15) is 0 Å². The Balaban J connectivity index is 1.68. The Bertz CT molecular complexity index is 694. The number of methoxy groups -OCH3 is 1. The molecule has 3 aromatic rings. The maximum atomic E-state index is 5.15. The lowest BCUT2D eigenvalue weighted by atomic mass is 10.2. The molecule has 2 aromatic carbocycles. The molecule has 0 saturated heterocycles. The number of nitrogens with zero attached hydrogens (tertiary/aromatic N) is 4. The van der Waals surface area contributed by atoms with Gasteiger partial charge < -0.3 is 10.1 Å². The number of ether oxygens (including phenoxy) is 1. The van der Waals surface area contributed by atoms with Crippen LogP contribution in [0, 0.1) is 0 Å². The van der Waals surface area contributed by atoms with Gasteiger partial charge in [0.2, 0.25) is 0 Å². The first-order chi connectivity index (χ1) is 10.3. The van der Waals surface area contributed by atoms with Gasteiger partial charge in [-0.1, -0.05) is 18.2 Å². The molecule has 0 atom stereocenters. The first-order valence-electron chi connectivity index (χ1n) is 6.55. The van der Waals surface area contributed by atoms with Gasteiger partial charge in [-0.05, 0) is 46.3 Å². The highest BCUT2D eigenvalue weighted by atomic mass is 16.5. The Hall–Kier alpha value is -2.89. The number of anilines is 1. The topological polar surface area (TPSA) is 64.9 Å². The standard InChI is InChI=1S/C15H15N5O/c1-21-15-7-5-12(6-8-15)10-16-13-3-2-4-14(9-13)20-11-17-18-19-20/h2-9,11,16H,10H2,1H3. The maximum absolute atomic E-state index is 5.15. The summed E-state index contributed by atoms with van der Waals surface area (Å²) in [7, 11) is 1.66. The lowest BCUT2D eigenvalue weighted by Gasteiger charge is -2.08. The molecule has 1 aromatic heterocycles. The van der Waals surface area contributed by atoms with Crippen LogP contribution in [0.4, 0.5) is 5.69 Å². The zero-order chi connectivity index (χ0) is 14.5. The zero-order valence-electron chi connectivity index (χ0n) is 11.6. The van der Waals surface area contributed by atoms with Crippen molar-refractivity contribution in [3.63, 3.8) is 0 Å². The monoisotopic (exact) mass is 281 g/mol. The van der Waals surface area contributed by atoms with Gasteiger partial charge in [0.25, 0.3) is 0 Å². The van der Waals surface area contributed by atoms with Gasteiger partial charge >= 0.3 is 0 Å². The number of hydrogen-bond donors (Lipinski definition) is 1. The Morgan fingerprint density at radius 3 is 2.71 bits per heavy atom. The molecule has 1 heterocycles. The molecular weight excluding hydrogens is 266 g/mol. The van der Waals surface area contributed by atoms with Gasteiger partial charge in [-0.15, -0.1) is 5.10 Å². The lowest BCUT2D eigenvalue weighted by molar-refractivity contribution is 0.414. The van der Waals surface area contributed by atoms with E-state index in [1.165, 1.54) is 5.56 Å². The second-order valence-electron chi connectivity index (χ2n) is 4.51. The molecule has 6 heteroatoms. The van der Waals surface area contributed by atoms with Gasteiger partial charge in [-0.3, -0.25) is 0 Å². The molecule has 0 aliphatic rings. The summed E-state index contributed by atoms with van der Waals surface area (Å²) in [6, 6.07) is 15.9. The van der Waals surface area contributed by atoms with Crippen LogP contribution in [0.1, 0.15) is 5.56 Å². The van der Waals surface area contributed by atoms with E-state index in [4.69, 9.17) is 4.74 Å². The first-order valence-corrected chi connectivity index (χ1v) is 6.55. The molecular formula is C15H15N5O. The van der Waals surface area contributed by atoms with E-state index in [1.54, 1.807) is 18.1 Å². The Kier molecular flexibility index (Phi) is 3.77. The lowest BCUT2D eigenvalue weighted by Crippen LogP contribution is -2.01. The van der Waals surface area contributed by atoms with Crippen molar-refractivity contribution in [2.45, 2.75) is 6.54 Å². The molecule has 0 spiro atoms. The van der Waals surface area contributed by atoms with E-state index >= 15 is 0 Å². The normalized spacial score (nSPS) is 10.3. The summed E-state index contributed by atoms with van der Waals surface area (Å²) in [5.41, 5.74) is 3.11. The Labute approximate surface area is 122 Å². The van der Waals surface area contributed by atoms with Crippen LogP contribution >= 0.6 is 0 Å². The predicted octanol–water partition coefficient (Wildman–Crippen LogP) is 2.28. The van der Waals surface area contributed by atoms with E-state index in [2.05, 4.69) is 20.8 Å². The minimum atomic E-state index is 0.739. The second kappa shape index (κ2) is 6.04. The molecule has 0 amide bonds. The van der Waals surface area contributed by atoms with E-state index in [-0.39, 0.29) is 0 Å². The van der Waals surface area contributed by atoms with Crippen LogP contribution in [0.3, 0.4) is 0 Å². The van der Waals surface area contributed by atoms with Gasteiger partial charge in [-0.25, -0.2) is 4.68 Å². The van der Waals surface area contributed by atoms with Gasteiger partial charge in [0.05, 0.1) is 12.8 Å². The molecule has 21 heavy (non-hydrogen) atoms. The summed E-state index contributed by atoms with van der Waals surface area (Å²) in [4.78, 5) is 0. The highest BCUT2D eigenvalue weighted by molar-refractivity contribution is 5.51. The molecule has 0 aliphatic carbocycles. The van der Waals surface area contributed by atoms with Crippen molar-refractivity contribution in [3.8, 4) is 11.4 Å². The van der Waals surface area contributed by atoms with E-state index in [1.807, 2.05) is 48.5 Å². The van der Waals surface area contributed by atoms with Crippen molar-refractivity contribution >= 4 is 5.69 Å². The van der Waals surface area contributed by atoms with E-state index in [0.29, 0.717) is 0 Å². The SMILES string of the molecule is COc1ccc(CNc2cccc(-n3cnnn3)c2)cc1. The minimum Gasteiger partial charge on any atom is -0.497 e. The molecule has 0 saturated carbocycles. The van der Waals surface area contributed by atoms with Crippen LogP contribution in [-0.4, -0.2) is 27.3 Å². The number of benzene rings is 2. The van der Waals surface area contributed by atoms with Gasteiger partial charge in [0.1, 0.15) is 12.1 Å². The fraction of sp³-hybridized carbons (Fsp3) is 0.133. The summed E-state index contributed by atoms with van der Waals surface area (Å²) in [6.45, 7) is 0.739. The molecule has 1 N–H and O–H groups in total. The predicted molar refractivity (Wildman–Crippen MR) is 79.5 cm³/mol.